The molecule has 0 atom stereocenters. The Morgan fingerprint density at radius 3 is 2.27 bits per heavy atom. The number of halogens is 1. The molecule has 2 aromatic rings. The van der Waals surface area contributed by atoms with Crippen LogP contribution in [-0.4, -0.2) is 44.9 Å². The number of ether oxygens (including phenoxy) is 2. The lowest BCUT2D eigenvalue weighted by molar-refractivity contribution is 0.102. The monoisotopic (exact) mass is 454 g/mol. The summed E-state index contributed by atoms with van der Waals surface area (Å²) < 4.78 is 38.0. The summed E-state index contributed by atoms with van der Waals surface area (Å²) in [5.74, 6) is 0.490. The highest BCUT2D eigenvalue weighted by Crippen LogP contribution is 2.31. The first-order valence-electron chi connectivity index (χ1n) is 9.79. The first-order chi connectivity index (χ1) is 14.3. The van der Waals surface area contributed by atoms with Gasteiger partial charge in [0.15, 0.2) is 0 Å². The summed E-state index contributed by atoms with van der Waals surface area (Å²) in [6.45, 7) is 8.73. The van der Waals surface area contributed by atoms with Crippen LogP contribution in [0.1, 0.15) is 38.1 Å². The summed E-state index contributed by atoms with van der Waals surface area (Å²) in [6.07, 6.45) is 0. The fourth-order valence-electron chi connectivity index (χ4n) is 2.89. The van der Waals surface area contributed by atoms with E-state index in [1.165, 1.54) is 22.5 Å². The fraction of sp³-hybridized carbons (Fsp3) is 0.381. The summed E-state index contributed by atoms with van der Waals surface area (Å²) in [5.41, 5.74) is 0.454. The number of amides is 1. The van der Waals surface area contributed by atoms with E-state index in [1.807, 2.05) is 13.8 Å². The molecular weight excluding hydrogens is 428 g/mol. The van der Waals surface area contributed by atoms with E-state index in [4.69, 9.17) is 21.1 Å². The summed E-state index contributed by atoms with van der Waals surface area (Å²) in [7, 11) is -3.73. The molecule has 0 aliphatic carbocycles. The van der Waals surface area contributed by atoms with Crippen molar-refractivity contribution in [1.29, 1.82) is 0 Å². The molecule has 0 aromatic heterocycles. The van der Waals surface area contributed by atoms with Gasteiger partial charge >= 0.3 is 0 Å². The second-order valence-electron chi connectivity index (χ2n) is 6.21. The molecule has 1 amide bonds. The molecule has 2 rings (SSSR count). The Hall–Kier alpha value is -2.29. The Morgan fingerprint density at radius 1 is 1.00 bits per heavy atom. The highest BCUT2D eigenvalue weighted by molar-refractivity contribution is 7.89. The predicted molar refractivity (Wildman–Crippen MR) is 118 cm³/mol. The lowest BCUT2D eigenvalue weighted by Crippen LogP contribution is -2.30. The van der Waals surface area contributed by atoms with Crippen molar-refractivity contribution in [2.24, 2.45) is 0 Å². The molecular formula is C21H27ClN2O5S. The van der Waals surface area contributed by atoms with Crippen LogP contribution >= 0.6 is 11.6 Å². The summed E-state index contributed by atoms with van der Waals surface area (Å²) in [5, 5.41) is 2.89. The zero-order valence-electron chi connectivity index (χ0n) is 17.6. The molecule has 30 heavy (non-hydrogen) atoms. The van der Waals surface area contributed by atoms with Gasteiger partial charge < -0.3 is 14.8 Å². The van der Waals surface area contributed by atoms with Gasteiger partial charge in [-0.3, -0.25) is 4.79 Å². The quantitative estimate of drug-likeness (QED) is 0.574. The second kappa shape index (κ2) is 10.7. The molecule has 1 N–H and O–H groups in total. The number of hydrogen-bond donors (Lipinski definition) is 1. The first kappa shape index (κ1) is 24.0. The predicted octanol–water partition coefficient (Wildman–Crippen LogP) is 4.42. The van der Waals surface area contributed by atoms with Gasteiger partial charge in [-0.1, -0.05) is 25.4 Å². The van der Waals surface area contributed by atoms with Crippen LogP contribution in [-0.2, 0) is 10.0 Å². The molecule has 0 saturated carbocycles. The highest BCUT2D eigenvalue weighted by atomic mass is 35.5. The van der Waals surface area contributed by atoms with E-state index in [0.29, 0.717) is 43.5 Å². The topological polar surface area (TPSA) is 84.9 Å². The number of anilines is 1. The van der Waals surface area contributed by atoms with Gasteiger partial charge in [-0.05, 0) is 44.2 Å². The van der Waals surface area contributed by atoms with E-state index in [0.717, 1.165) is 0 Å². The SMILES string of the molecule is CCOc1ccc(OCC)c(NC(=O)c2cc(S(=O)(=O)N(CC)CC)ccc2Cl)c1. The Labute approximate surface area is 183 Å². The molecule has 0 aliphatic heterocycles. The zero-order valence-corrected chi connectivity index (χ0v) is 19.1. The highest BCUT2D eigenvalue weighted by Gasteiger charge is 2.24. The van der Waals surface area contributed by atoms with Crippen LogP contribution in [0.4, 0.5) is 5.69 Å². The van der Waals surface area contributed by atoms with Gasteiger partial charge in [-0.2, -0.15) is 4.31 Å². The van der Waals surface area contributed by atoms with Crippen molar-refractivity contribution < 1.29 is 22.7 Å². The second-order valence-corrected chi connectivity index (χ2v) is 8.55. The standard InChI is InChI=1S/C21H27ClN2O5S/c1-5-24(6-2)30(26,27)16-10-11-18(22)17(14-16)21(25)23-19-13-15(28-7-3)9-12-20(19)29-8-4/h9-14H,5-8H2,1-4H3,(H,23,25). The average Bonchev–Trinajstić information content (AvgIpc) is 2.71. The number of nitrogens with zero attached hydrogens (tertiary/aromatic N) is 1. The largest absolute Gasteiger partial charge is 0.494 e. The maximum absolute atomic E-state index is 12.9. The lowest BCUT2D eigenvalue weighted by atomic mass is 10.2. The third kappa shape index (κ3) is 5.44. The van der Waals surface area contributed by atoms with E-state index in [9.17, 15) is 13.2 Å². The van der Waals surface area contributed by atoms with Crippen LogP contribution in [0.2, 0.25) is 5.02 Å². The van der Waals surface area contributed by atoms with Crippen LogP contribution < -0.4 is 14.8 Å². The number of carbonyl (C=O) groups excluding carboxylic acids is 1. The summed E-state index contributed by atoms with van der Waals surface area (Å²) in [4.78, 5) is 13.0. The summed E-state index contributed by atoms with van der Waals surface area (Å²) >= 11 is 6.21. The van der Waals surface area contributed by atoms with E-state index < -0.39 is 15.9 Å². The molecule has 0 heterocycles. The third-order valence-corrected chi connectivity index (χ3v) is 6.71. The van der Waals surface area contributed by atoms with E-state index in [2.05, 4.69) is 5.32 Å². The minimum atomic E-state index is -3.73. The molecule has 164 valence electrons. The van der Waals surface area contributed by atoms with Crippen molar-refractivity contribution in [3.8, 4) is 11.5 Å². The minimum Gasteiger partial charge on any atom is -0.494 e. The van der Waals surface area contributed by atoms with Gasteiger partial charge in [0, 0.05) is 19.2 Å². The zero-order chi connectivity index (χ0) is 22.3. The van der Waals surface area contributed by atoms with Gasteiger partial charge in [-0.15, -0.1) is 0 Å². The molecule has 0 fully saturated rings. The Bertz CT molecular complexity index is 991. The van der Waals surface area contributed by atoms with Crippen molar-refractivity contribution in [2.45, 2.75) is 32.6 Å². The van der Waals surface area contributed by atoms with Gasteiger partial charge in [-0.25, -0.2) is 8.42 Å². The lowest BCUT2D eigenvalue weighted by Gasteiger charge is -2.19. The van der Waals surface area contributed by atoms with E-state index in [1.54, 1.807) is 32.0 Å². The fourth-order valence-corrected chi connectivity index (χ4v) is 4.57. The van der Waals surface area contributed by atoms with Crippen molar-refractivity contribution >= 4 is 33.2 Å². The minimum absolute atomic E-state index is 0.00819. The molecule has 0 aliphatic rings. The van der Waals surface area contributed by atoms with E-state index in [-0.39, 0.29) is 15.5 Å². The molecule has 7 nitrogen and oxygen atoms in total. The normalized spacial score (nSPS) is 11.4. The number of sulfonamides is 1. The molecule has 0 unspecified atom stereocenters. The number of hydrogen-bond acceptors (Lipinski definition) is 5. The number of rotatable bonds is 10. The molecule has 2 aromatic carbocycles. The Morgan fingerprint density at radius 2 is 1.67 bits per heavy atom. The number of carbonyl (C=O) groups is 1. The third-order valence-electron chi connectivity index (χ3n) is 4.34. The molecule has 0 bridgehead atoms. The summed E-state index contributed by atoms with van der Waals surface area (Å²) in [6, 6.07) is 9.19. The van der Waals surface area contributed by atoms with Crippen LogP contribution in [0, 0.1) is 0 Å². The number of benzene rings is 2. The number of nitrogens with one attached hydrogen (secondary N) is 1. The maximum Gasteiger partial charge on any atom is 0.257 e. The van der Waals surface area contributed by atoms with Crippen molar-refractivity contribution in [3.05, 3.63) is 47.0 Å². The van der Waals surface area contributed by atoms with Crippen molar-refractivity contribution in [3.63, 3.8) is 0 Å². The Balaban J connectivity index is 2.41. The average molecular weight is 455 g/mol. The molecule has 0 saturated heterocycles. The van der Waals surface area contributed by atoms with Gasteiger partial charge in [0.25, 0.3) is 5.91 Å². The van der Waals surface area contributed by atoms with Crippen molar-refractivity contribution in [1.82, 2.24) is 4.31 Å². The van der Waals surface area contributed by atoms with Crippen LogP contribution in [0.15, 0.2) is 41.3 Å². The Kier molecular flexibility index (Phi) is 8.52. The van der Waals surface area contributed by atoms with Crippen LogP contribution in [0.25, 0.3) is 0 Å². The molecule has 0 radical (unpaired) electrons. The van der Waals surface area contributed by atoms with Gasteiger partial charge in [0.1, 0.15) is 11.5 Å². The molecule has 0 spiro atoms. The van der Waals surface area contributed by atoms with Crippen LogP contribution in [0.3, 0.4) is 0 Å². The van der Waals surface area contributed by atoms with Crippen LogP contribution in [0.5, 0.6) is 11.5 Å². The van der Waals surface area contributed by atoms with E-state index >= 15 is 0 Å². The molecule has 9 heteroatoms. The maximum atomic E-state index is 12.9. The van der Waals surface area contributed by atoms with Gasteiger partial charge in [0.2, 0.25) is 10.0 Å². The van der Waals surface area contributed by atoms with Crippen molar-refractivity contribution in [2.75, 3.05) is 31.6 Å². The first-order valence-corrected chi connectivity index (χ1v) is 11.6. The van der Waals surface area contributed by atoms with Gasteiger partial charge in [0.05, 0.1) is 34.4 Å². The smallest absolute Gasteiger partial charge is 0.257 e.